The number of likely N-dealkylation sites (tertiary alicyclic amines) is 1. The maximum atomic E-state index is 12.7. The molecule has 3 heterocycles. The number of hydrogen-bond donors (Lipinski definition) is 2. The first kappa shape index (κ1) is 21.7. The van der Waals surface area contributed by atoms with Gasteiger partial charge in [0.25, 0.3) is 0 Å². The number of carbonyl (C=O) groups is 1. The Balaban J connectivity index is 0.00000131. The first-order chi connectivity index (χ1) is 12.2. The summed E-state index contributed by atoms with van der Waals surface area (Å²) in [6.07, 6.45) is 4.63. The van der Waals surface area contributed by atoms with Gasteiger partial charge in [0, 0.05) is 12.6 Å². The molecule has 1 aromatic carbocycles. The number of benzene rings is 1. The summed E-state index contributed by atoms with van der Waals surface area (Å²) in [4.78, 5) is 15.1. The van der Waals surface area contributed by atoms with Crippen LogP contribution in [0.15, 0.2) is 36.5 Å². The molecular weight excluding hydrogens is 385 g/mol. The van der Waals surface area contributed by atoms with Crippen molar-refractivity contribution in [3.05, 3.63) is 47.7 Å². The van der Waals surface area contributed by atoms with Crippen molar-refractivity contribution in [2.24, 2.45) is 0 Å². The molecule has 2 aliphatic rings. The monoisotopic (exact) mass is 411 g/mol. The third-order valence-corrected chi connectivity index (χ3v) is 5.35. The van der Waals surface area contributed by atoms with Crippen LogP contribution in [0.2, 0.25) is 0 Å². The summed E-state index contributed by atoms with van der Waals surface area (Å²) >= 11 is 0. The Hall–Kier alpha value is -1.60. The van der Waals surface area contributed by atoms with E-state index in [2.05, 4.69) is 39.8 Å². The molecule has 0 spiro atoms. The molecular formula is C19H27Cl2N5O. The normalized spacial score (nSPS) is 20.1. The van der Waals surface area contributed by atoms with Gasteiger partial charge in [0.2, 0.25) is 5.91 Å². The molecule has 27 heavy (non-hydrogen) atoms. The van der Waals surface area contributed by atoms with Crippen molar-refractivity contribution in [2.75, 3.05) is 25.5 Å². The summed E-state index contributed by atoms with van der Waals surface area (Å²) in [7, 11) is 2.15. The Labute approximate surface area is 172 Å². The molecule has 1 aromatic heterocycles. The molecule has 0 radical (unpaired) electrons. The van der Waals surface area contributed by atoms with Crippen LogP contribution in [0.1, 0.15) is 30.0 Å². The largest absolute Gasteiger partial charge is 0.310 e. The smallest absolute Gasteiger partial charge is 0.243 e. The fourth-order valence-corrected chi connectivity index (χ4v) is 3.80. The highest BCUT2D eigenvalue weighted by Gasteiger charge is 2.26. The Morgan fingerprint density at radius 2 is 1.85 bits per heavy atom. The molecule has 1 atom stereocenters. The van der Waals surface area contributed by atoms with Crippen molar-refractivity contribution in [1.29, 1.82) is 0 Å². The SMILES string of the molecule is CN1CCC(n2nccc2NC(=O)[C@H]2Cc3ccccc3CN2)CC1.Cl.Cl. The van der Waals surface area contributed by atoms with Gasteiger partial charge in [-0.05, 0) is 50.5 Å². The number of fused-ring (bicyclic) bond motifs is 1. The van der Waals surface area contributed by atoms with E-state index >= 15 is 0 Å². The van der Waals surface area contributed by atoms with E-state index < -0.39 is 0 Å². The van der Waals surface area contributed by atoms with Crippen LogP contribution in [0.3, 0.4) is 0 Å². The first-order valence-corrected chi connectivity index (χ1v) is 9.04. The summed E-state index contributed by atoms with van der Waals surface area (Å²) < 4.78 is 1.99. The van der Waals surface area contributed by atoms with E-state index in [0.717, 1.165) is 44.7 Å². The van der Waals surface area contributed by atoms with Crippen LogP contribution in [0.5, 0.6) is 0 Å². The average molecular weight is 412 g/mol. The van der Waals surface area contributed by atoms with E-state index in [1.165, 1.54) is 11.1 Å². The molecule has 0 bridgehead atoms. The lowest BCUT2D eigenvalue weighted by Gasteiger charge is -2.30. The van der Waals surface area contributed by atoms with Gasteiger partial charge in [-0.15, -0.1) is 24.8 Å². The number of piperidine rings is 1. The van der Waals surface area contributed by atoms with Crippen molar-refractivity contribution in [3.63, 3.8) is 0 Å². The second-order valence-electron chi connectivity index (χ2n) is 7.09. The predicted octanol–water partition coefficient (Wildman–Crippen LogP) is 2.65. The van der Waals surface area contributed by atoms with Crippen LogP contribution in [0, 0.1) is 0 Å². The molecule has 148 valence electrons. The van der Waals surface area contributed by atoms with Crippen LogP contribution >= 0.6 is 24.8 Å². The summed E-state index contributed by atoms with van der Waals surface area (Å²) in [5, 5.41) is 10.9. The zero-order valence-corrected chi connectivity index (χ0v) is 17.1. The zero-order chi connectivity index (χ0) is 17.2. The Kier molecular flexibility index (Phi) is 7.68. The van der Waals surface area contributed by atoms with Gasteiger partial charge < -0.3 is 15.5 Å². The van der Waals surface area contributed by atoms with Crippen LogP contribution < -0.4 is 10.6 Å². The van der Waals surface area contributed by atoms with Gasteiger partial charge in [-0.1, -0.05) is 24.3 Å². The second-order valence-corrected chi connectivity index (χ2v) is 7.09. The molecule has 2 aromatic rings. The minimum atomic E-state index is -0.198. The van der Waals surface area contributed by atoms with Gasteiger partial charge in [-0.3, -0.25) is 4.79 Å². The number of nitrogens with one attached hydrogen (secondary N) is 2. The van der Waals surface area contributed by atoms with Gasteiger partial charge in [0.1, 0.15) is 5.82 Å². The second kappa shape index (κ2) is 9.55. The number of nitrogens with zero attached hydrogens (tertiary/aromatic N) is 3. The van der Waals surface area contributed by atoms with Gasteiger partial charge in [-0.25, -0.2) is 4.68 Å². The topological polar surface area (TPSA) is 62.2 Å². The number of amides is 1. The number of carbonyl (C=O) groups excluding carboxylic acids is 1. The minimum absolute atomic E-state index is 0. The molecule has 1 amide bonds. The van der Waals surface area contributed by atoms with Crippen molar-refractivity contribution in [2.45, 2.75) is 37.9 Å². The van der Waals surface area contributed by atoms with E-state index in [0.29, 0.717) is 6.04 Å². The van der Waals surface area contributed by atoms with Gasteiger partial charge in [0.05, 0.1) is 18.3 Å². The summed E-state index contributed by atoms with van der Waals surface area (Å²) in [6, 6.07) is 10.4. The predicted molar refractivity (Wildman–Crippen MR) is 112 cm³/mol. The fraction of sp³-hybridized carbons (Fsp3) is 0.474. The molecule has 6 nitrogen and oxygen atoms in total. The average Bonchev–Trinajstić information content (AvgIpc) is 3.10. The van der Waals surface area contributed by atoms with E-state index in [-0.39, 0.29) is 36.8 Å². The third kappa shape index (κ3) is 4.82. The molecule has 1 saturated heterocycles. The Bertz CT molecular complexity index is 758. The number of aromatic nitrogens is 2. The molecule has 0 aliphatic carbocycles. The summed E-state index contributed by atoms with van der Waals surface area (Å²) in [6.45, 7) is 2.88. The summed E-state index contributed by atoms with van der Waals surface area (Å²) in [5.41, 5.74) is 2.54. The molecule has 4 rings (SSSR count). The van der Waals surface area contributed by atoms with Crippen molar-refractivity contribution in [3.8, 4) is 0 Å². The van der Waals surface area contributed by atoms with E-state index in [4.69, 9.17) is 0 Å². The molecule has 0 unspecified atom stereocenters. The first-order valence-electron chi connectivity index (χ1n) is 9.04. The Morgan fingerprint density at radius 1 is 1.15 bits per heavy atom. The molecule has 8 heteroatoms. The lowest BCUT2D eigenvalue weighted by molar-refractivity contribution is -0.118. The van der Waals surface area contributed by atoms with Crippen molar-refractivity contribution in [1.82, 2.24) is 20.0 Å². The van der Waals surface area contributed by atoms with Crippen molar-refractivity contribution < 1.29 is 4.79 Å². The van der Waals surface area contributed by atoms with Crippen molar-refractivity contribution >= 4 is 36.5 Å². The van der Waals surface area contributed by atoms with Crippen LogP contribution in [-0.2, 0) is 17.8 Å². The molecule has 1 fully saturated rings. The minimum Gasteiger partial charge on any atom is -0.310 e. The van der Waals surface area contributed by atoms with Gasteiger partial charge >= 0.3 is 0 Å². The molecule has 2 N–H and O–H groups in total. The fourth-order valence-electron chi connectivity index (χ4n) is 3.80. The van der Waals surface area contributed by atoms with E-state index in [1.54, 1.807) is 6.20 Å². The van der Waals surface area contributed by atoms with Crippen LogP contribution in [-0.4, -0.2) is 46.8 Å². The molecule has 2 aliphatic heterocycles. The maximum Gasteiger partial charge on any atom is 0.243 e. The zero-order valence-electron chi connectivity index (χ0n) is 15.4. The lowest BCUT2D eigenvalue weighted by Crippen LogP contribution is -2.45. The highest BCUT2D eigenvalue weighted by Crippen LogP contribution is 2.25. The number of halogens is 2. The third-order valence-electron chi connectivity index (χ3n) is 5.35. The highest BCUT2D eigenvalue weighted by atomic mass is 35.5. The maximum absolute atomic E-state index is 12.7. The number of anilines is 1. The number of rotatable bonds is 3. The van der Waals surface area contributed by atoms with Gasteiger partial charge in [-0.2, -0.15) is 5.10 Å². The van der Waals surface area contributed by atoms with Crippen LogP contribution in [0.25, 0.3) is 0 Å². The number of hydrogen-bond acceptors (Lipinski definition) is 4. The Morgan fingerprint density at radius 3 is 2.59 bits per heavy atom. The van der Waals surface area contributed by atoms with Gasteiger partial charge in [0.15, 0.2) is 0 Å². The van der Waals surface area contributed by atoms with E-state index in [1.807, 2.05) is 22.9 Å². The highest BCUT2D eigenvalue weighted by molar-refractivity contribution is 5.94. The standard InChI is InChI=1S/C19H25N5O.2ClH/c1-23-10-7-16(8-11-23)24-18(6-9-21-24)22-19(25)17-12-14-4-2-3-5-15(14)13-20-17;;/h2-6,9,16-17,20H,7-8,10-13H2,1H3,(H,22,25);2*1H/t17-;;/m1../s1. The molecule has 0 saturated carbocycles. The lowest BCUT2D eigenvalue weighted by atomic mass is 9.95. The van der Waals surface area contributed by atoms with E-state index in [9.17, 15) is 4.79 Å². The quantitative estimate of drug-likeness (QED) is 0.814. The van der Waals surface area contributed by atoms with Crippen LogP contribution in [0.4, 0.5) is 5.82 Å². The summed E-state index contributed by atoms with van der Waals surface area (Å²) in [5.74, 6) is 0.824.